The van der Waals surface area contributed by atoms with E-state index < -0.39 is 41.9 Å². The summed E-state index contributed by atoms with van der Waals surface area (Å²) in [5.41, 5.74) is 3.29. The number of hydrogen-bond donors (Lipinski definition) is 2. The van der Waals surface area contributed by atoms with Gasteiger partial charge in [-0.2, -0.15) is 22.0 Å². The van der Waals surface area contributed by atoms with E-state index in [9.17, 15) is 36.3 Å². The molecular formula is C29H29F5N6O3. The molecule has 14 heteroatoms. The first-order valence-corrected chi connectivity index (χ1v) is 13.6. The maximum absolute atomic E-state index is 13.6. The highest BCUT2D eigenvalue weighted by Crippen LogP contribution is 2.30. The van der Waals surface area contributed by atoms with Gasteiger partial charge in [-0.25, -0.2) is 4.98 Å². The molecule has 3 amide bonds. The molecule has 9 nitrogen and oxygen atoms in total. The van der Waals surface area contributed by atoms with Crippen molar-refractivity contribution in [2.75, 3.05) is 13.1 Å². The summed E-state index contributed by atoms with van der Waals surface area (Å²) < 4.78 is 69.9. The second-order valence-corrected chi connectivity index (χ2v) is 10.7. The van der Waals surface area contributed by atoms with Crippen molar-refractivity contribution in [1.82, 2.24) is 29.7 Å². The third kappa shape index (κ3) is 5.90. The maximum atomic E-state index is 13.6. The zero-order valence-corrected chi connectivity index (χ0v) is 23.5. The first-order valence-electron chi connectivity index (χ1n) is 13.6. The summed E-state index contributed by atoms with van der Waals surface area (Å²) in [6.45, 7) is 2.53. The number of aromatic nitrogens is 3. The molecule has 1 unspecified atom stereocenters. The summed E-state index contributed by atoms with van der Waals surface area (Å²) in [6, 6.07) is 12.4. The molecule has 43 heavy (non-hydrogen) atoms. The second kappa shape index (κ2) is 11.0. The molecule has 0 aliphatic carbocycles. The number of alkyl halides is 5. The molecule has 5 rings (SSSR count). The fraction of sp³-hybridized carbons (Fsp3) is 0.379. The number of benzene rings is 2. The topological polar surface area (TPSA) is 101 Å². The van der Waals surface area contributed by atoms with E-state index >= 15 is 0 Å². The number of carbonyl (C=O) groups is 3. The molecule has 2 N–H and O–H groups in total. The SMILES string of the molecule is CCn1c(-c2nc3cc(C(=O)N4CC(NC(=O)C(F)(F)F)C[C@H](NC(=O)C(C)(F)F)C4)ccc3n2C)cc2ccccc21. The predicted molar refractivity (Wildman–Crippen MR) is 148 cm³/mol. The minimum Gasteiger partial charge on any atom is -0.346 e. The van der Waals surface area contributed by atoms with Gasteiger partial charge < -0.3 is 24.7 Å². The zero-order valence-electron chi connectivity index (χ0n) is 23.5. The van der Waals surface area contributed by atoms with E-state index in [1.807, 2.05) is 48.9 Å². The van der Waals surface area contributed by atoms with E-state index in [2.05, 4.69) is 9.88 Å². The second-order valence-electron chi connectivity index (χ2n) is 10.7. The third-order valence-electron chi connectivity index (χ3n) is 7.55. The molecule has 1 aliphatic rings. The lowest BCUT2D eigenvalue weighted by molar-refractivity contribution is -0.174. The van der Waals surface area contributed by atoms with Crippen LogP contribution in [0.3, 0.4) is 0 Å². The fourth-order valence-corrected chi connectivity index (χ4v) is 5.53. The van der Waals surface area contributed by atoms with E-state index in [1.165, 1.54) is 6.07 Å². The number of halogens is 5. The van der Waals surface area contributed by atoms with Crippen molar-refractivity contribution in [3.05, 3.63) is 54.1 Å². The summed E-state index contributed by atoms with van der Waals surface area (Å²) in [5, 5.41) is 4.93. The lowest BCUT2D eigenvalue weighted by Crippen LogP contribution is -2.60. The summed E-state index contributed by atoms with van der Waals surface area (Å²) in [5.74, 6) is -7.58. The number of hydrogen-bond acceptors (Lipinski definition) is 4. The highest BCUT2D eigenvalue weighted by atomic mass is 19.4. The number of aryl methyl sites for hydroxylation is 2. The quantitative estimate of drug-likeness (QED) is 0.322. The Hall–Kier alpha value is -4.49. The average molecular weight is 605 g/mol. The van der Waals surface area contributed by atoms with Gasteiger partial charge in [-0.1, -0.05) is 18.2 Å². The van der Waals surface area contributed by atoms with E-state index in [-0.39, 0.29) is 25.1 Å². The van der Waals surface area contributed by atoms with Crippen LogP contribution in [0.2, 0.25) is 0 Å². The van der Waals surface area contributed by atoms with E-state index in [0.29, 0.717) is 24.8 Å². The Morgan fingerprint density at radius 1 is 0.930 bits per heavy atom. The molecule has 2 atom stereocenters. The van der Waals surface area contributed by atoms with E-state index in [0.717, 1.165) is 27.0 Å². The molecule has 1 saturated heterocycles. The van der Waals surface area contributed by atoms with Gasteiger partial charge in [-0.15, -0.1) is 0 Å². The standard InChI is InChI=1S/C29H29F5N6O3/c1-4-40-21-8-6-5-7-16(21)12-23(40)24-37-20-11-17(9-10-22(20)38(24)3)25(41)39-14-18(35-26(42)28(2,30)31)13-19(15-39)36-27(43)29(32,33)34/h5-12,18-19H,4,13-15H2,1-3H3,(H,35,42)(H,36,43)/t18-,19?/m0/s1. The molecule has 0 radical (unpaired) electrons. The molecule has 0 bridgehead atoms. The largest absolute Gasteiger partial charge is 0.471 e. The summed E-state index contributed by atoms with van der Waals surface area (Å²) in [4.78, 5) is 43.0. The highest BCUT2D eigenvalue weighted by Gasteiger charge is 2.42. The van der Waals surface area contributed by atoms with E-state index in [4.69, 9.17) is 4.98 Å². The zero-order chi connectivity index (χ0) is 31.3. The van der Waals surface area contributed by atoms with Crippen molar-refractivity contribution in [2.45, 2.75) is 51.0 Å². The van der Waals surface area contributed by atoms with Crippen molar-refractivity contribution in [3.8, 4) is 11.5 Å². The Bertz CT molecular complexity index is 1690. The van der Waals surface area contributed by atoms with Gasteiger partial charge in [-0.05, 0) is 43.7 Å². The predicted octanol–water partition coefficient (Wildman–Crippen LogP) is 4.25. The third-order valence-corrected chi connectivity index (χ3v) is 7.55. The molecule has 0 saturated carbocycles. The lowest BCUT2D eigenvalue weighted by atomic mass is 9.99. The van der Waals surface area contributed by atoms with Crippen molar-refractivity contribution in [1.29, 1.82) is 0 Å². The normalized spacial score (nSPS) is 17.8. The number of piperidine rings is 1. The molecule has 2 aromatic heterocycles. The van der Waals surface area contributed by atoms with Gasteiger partial charge in [0.25, 0.3) is 11.8 Å². The minimum atomic E-state index is -5.19. The summed E-state index contributed by atoms with van der Waals surface area (Å²) >= 11 is 0. The minimum absolute atomic E-state index is 0.155. The van der Waals surface area contributed by atoms with Crippen LogP contribution in [-0.4, -0.2) is 74.0 Å². The van der Waals surface area contributed by atoms with Gasteiger partial charge in [0, 0.05) is 62.2 Å². The Morgan fingerprint density at radius 3 is 2.21 bits per heavy atom. The van der Waals surface area contributed by atoms with Gasteiger partial charge in [0.2, 0.25) is 0 Å². The number of fused-ring (bicyclic) bond motifs is 2. The van der Waals surface area contributed by atoms with Crippen molar-refractivity contribution < 1.29 is 36.3 Å². The number of para-hydroxylation sites is 1. The number of nitrogens with zero attached hydrogens (tertiary/aromatic N) is 4. The van der Waals surface area contributed by atoms with Crippen LogP contribution in [0.25, 0.3) is 33.5 Å². The van der Waals surface area contributed by atoms with Crippen LogP contribution < -0.4 is 10.6 Å². The molecule has 228 valence electrons. The first-order chi connectivity index (χ1) is 20.2. The molecule has 3 heterocycles. The van der Waals surface area contributed by atoms with Gasteiger partial charge in [-0.3, -0.25) is 14.4 Å². The van der Waals surface area contributed by atoms with Crippen LogP contribution in [0.4, 0.5) is 22.0 Å². The Kier molecular flexibility index (Phi) is 7.65. The number of imidazole rings is 1. The van der Waals surface area contributed by atoms with Crippen LogP contribution in [0.1, 0.15) is 30.6 Å². The smallest absolute Gasteiger partial charge is 0.346 e. The monoisotopic (exact) mass is 604 g/mol. The van der Waals surface area contributed by atoms with Crippen LogP contribution in [0.15, 0.2) is 48.5 Å². The number of nitrogens with one attached hydrogen (secondary N) is 2. The van der Waals surface area contributed by atoms with Crippen molar-refractivity contribution in [3.63, 3.8) is 0 Å². The first kappa shape index (κ1) is 30.0. The number of carbonyl (C=O) groups excluding carboxylic acids is 3. The van der Waals surface area contributed by atoms with Gasteiger partial charge in [0.1, 0.15) is 0 Å². The van der Waals surface area contributed by atoms with Crippen molar-refractivity contribution in [2.24, 2.45) is 7.05 Å². The van der Waals surface area contributed by atoms with Gasteiger partial charge in [0.05, 0.1) is 16.7 Å². The number of rotatable bonds is 6. The molecular weight excluding hydrogens is 575 g/mol. The van der Waals surface area contributed by atoms with Gasteiger partial charge in [0.15, 0.2) is 5.82 Å². The summed E-state index contributed by atoms with van der Waals surface area (Å²) in [7, 11) is 1.85. The lowest BCUT2D eigenvalue weighted by Gasteiger charge is -2.38. The number of likely N-dealkylation sites (tertiary alicyclic amines) is 1. The van der Waals surface area contributed by atoms with Crippen LogP contribution in [0.5, 0.6) is 0 Å². The van der Waals surface area contributed by atoms with Crippen LogP contribution in [0, 0.1) is 0 Å². The fourth-order valence-electron chi connectivity index (χ4n) is 5.53. The van der Waals surface area contributed by atoms with Crippen LogP contribution >= 0.6 is 0 Å². The molecule has 2 aromatic carbocycles. The Morgan fingerprint density at radius 2 is 1.58 bits per heavy atom. The molecule has 1 fully saturated rings. The van der Waals surface area contributed by atoms with Crippen molar-refractivity contribution >= 4 is 39.7 Å². The highest BCUT2D eigenvalue weighted by molar-refractivity contribution is 5.98. The maximum Gasteiger partial charge on any atom is 0.471 e. The average Bonchev–Trinajstić information content (AvgIpc) is 3.48. The van der Waals surface area contributed by atoms with Crippen LogP contribution in [-0.2, 0) is 23.2 Å². The summed E-state index contributed by atoms with van der Waals surface area (Å²) in [6.07, 6.45) is -5.46. The number of amides is 3. The Labute approximate surface area is 242 Å². The van der Waals surface area contributed by atoms with E-state index in [1.54, 1.807) is 17.4 Å². The van der Waals surface area contributed by atoms with Gasteiger partial charge >= 0.3 is 18.0 Å². The molecule has 1 aliphatic heterocycles. The molecule has 0 spiro atoms. The Balaban J connectivity index is 1.45. The molecule has 4 aromatic rings.